The van der Waals surface area contributed by atoms with Crippen LogP contribution in [0.15, 0.2) is 0 Å². The molecule has 0 aliphatic carbocycles. The van der Waals surface area contributed by atoms with E-state index in [0.717, 1.165) is 0 Å². The van der Waals surface area contributed by atoms with Crippen molar-refractivity contribution in [3.63, 3.8) is 0 Å². The molecule has 0 spiro atoms. The minimum absolute atomic E-state index is 0.570. The van der Waals surface area contributed by atoms with Crippen molar-refractivity contribution >= 4 is 0 Å². The van der Waals surface area contributed by atoms with Gasteiger partial charge in [-0.1, -0.05) is 0 Å². The van der Waals surface area contributed by atoms with Gasteiger partial charge in [0.15, 0.2) is 18.9 Å². The third-order valence-electron chi connectivity index (χ3n) is 6.05. The largest absolute Gasteiger partial charge is 0.394 e. The van der Waals surface area contributed by atoms with Crippen molar-refractivity contribution in [2.24, 2.45) is 0 Å². The third kappa shape index (κ3) is 5.68. The van der Waals surface area contributed by atoms with Crippen LogP contribution in [-0.2, 0) is 23.7 Å². The normalized spacial score (nSPS) is 52.5. The predicted molar refractivity (Wildman–Crippen MR) is 101 cm³/mol. The minimum atomic E-state index is -1.82. The van der Waals surface area contributed by atoms with E-state index in [4.69, 9.17) is 23.7 Å². The first-order chi connectivity index (χ1) is 16.0. The van der Waals surface area contributed by atoms with E-state index in [1.807, 2.05) is 0 Å². The summed E-state index contributed by atoms with van der Waals surface area (Å²) in [6.45, 7) is -1.84. The van der Waals surface area contributed by atoms with Crippen LogP contribution in [0.2, 0.25) is 0 Å². The Kier molecular flexibility index (Phi) is 9.54. The summed E-state index contributed by atoms with van der Waals surface area (Å²) >= 11 is 0. The first-order valence-corrected chi connectivity index (χ1v) is 10.6. The summed E-state index contributed by atoms with van der Waals surface area (Å²) in [6, 6.07) is 0. The lowest BCUT2D eigenvalue weighted by molar-refractivity contribution is -0.340. The average molecular weight is 504 g/mol. The van der Waals surface area contributed by atoms with Gasteiger partial charge in [-0.05, 0) is 0 Å². The summed E-state index contributed by atoms with van der Waals surface area (Å²) in [4.78, 5) is 0. The molecule has 16 heteroatoms. The standard InChI is InChI=1S/C18H32O16/c19-1-4-7(20)11(24)14(27)17(33-4)31-3-6-9(22)12(25)15(28)18(34-6)30-2-5-8(21)10(23)13(26)16(29)32-5/h4-29H,1-3H2/t4-,5-,6-,7+,8-,9+,10+,11+,12+,13-,14-,15-,16+,17-,18+/m1/s1. The van der Waals surface area contributed by atoms with E-state index in [1.54, 1.807) is 0 Å². The van der Waals surface area contributed by atoms with Gasteiger partial charge in [-0.2, -0.15) is 0 Å². The van der Waals surface area contributed by atoms with Crippen LogP contribution in [0.25, 0.3) is 0 Å². The second-order valence-electron chi connectivity index (χ2n) is 8.42. The highest BCUT2D eigenvalue weighted by Crippen LogP contribution is 2.27. The first kappa shape index (κ1) is 27.9. The summed E-state index contributed by atoms with van der Waals surface area (Å²) in [5, 5.41) is 108. The summed E-state index contributed by atoms with van der Waals surface area (Å²) in [5.74, 6) is 0. The Balaban J connectivity index is 1.58. The summed E-state index contributed by atoms with van der Waals surface area (Å²) < 4.78 is 26.1. The molecule has 3 saturated heterocycles. The van der Waals surface area contributed by atoms with Gasteiger partial charge in [0.05, 0.1) is 19.8 Å². The van der Waals surface area contributed by atoms with Gasteiger partial charge < -0.3 is 79.9 Å². The fourth-order valence-electron chi connectivity index (χ4n) is 3.84. The van der Waals surface area contributed by atoms with Crippen molar-refractivity contribution in [1.29, 1.82) is 0 Å². The van der Waals surface area contributed by atoms with E-state index in [1.165, 1.54) is 0 Å². The molecule has 34 heavy (non-hydrogen) atoms. The molecule has 11 N–H and O–H groups in total. The van der Waals surface area contributed by atoms with Crippen molar-refractivity contribution in [2.45, 2.75) is 92.1 Å². The Morgan fingerprint density at radius 3 is 1.29 bits per heavy atom. The van der Waals surface area contributed by atoms with Gasteiger partial charge in [-0.15, -0.1) is 0 Å². The molecular formula is C18H32O16. The molecule has 0 saturated carbocycles. The molecular weight excluding hydrogens is 472 g/mol. The minimum Gasteiger partial charge on any atom is -0.394 e. The highest BCUT2D eigenvalue weighted by molar-refractivity contribution is 4.92. The number of rotatable bonds is 7. The molecule has 0 unspecified atom stereocenters. The molecule has 200 valence electrons. The molecule has 3 fully saturated rings. The van der Waals surface area contributed by atoms with Crippen LogP contribution in [0.4, 0.5) is 0 Å². The number of ether oxygens (including phenoxy) is 5. The molecule has 3 aliphatic rings. The van der Waals surface area contributed by atoms with Gasteiger partial charge >= 0.3 is 0 Å². The molecule has 16 nitrogen and oxygen atoms in total. The van der Waals surface area contributed by atoms with Gasteiger partial charge in [0, 0.05) is 0 Å². The molecule has 0 aromatic heterocycles. The summed E-state index contributed by atoms with van der Waals surface area (Å²) in [7, 11) is 0. The van der Waals surface area contributed by atoms with E-state index < -0.39 is 112 Å². The molecule has 0 amide bonds. The van der Waals surface area contributed by atoms with Gasteiger partial charge in [-0.25, -0.2) is 0 Å². The maximum Gasteiger partial charge on any atom is 0.186 e. The van der Waals surface area contributed by atoms with E-state index in [0.29, 0.717) is 0 Å². The van der Waals surface area contributed by atoms with Crippen LogP contribution >= 0.6 is 0 Å². The van der Waals surface area contributed by atoms with Crippen LogP contribution in [0.5, 0.6) is 0 Å². The van der Waals surface area contributed by atoms with Crippen LogP contribution in [-0.4, -0.2) is 168 Å². The number of aliphatic hydroxyl groups is 11. The Bertz CT molecular complexity index is 639. The smallest absolute Gasteiger partial charge is 0.186 e. The van der Waals surface area contributed by atoms with Gasteiger partial charge in [0.2, 0.25) is 0 Å². The Morgan fingerprint density at radius 1 is 0.441 bits per heavy atom. The van der Waals surface area contributed by atoms with E-state index in [9.17, 15) is 56.2 Å². The second-order valence-corrected chi connectivity index (χ2v) is 8.42. The molecule has 0 radical (unpaired) electrons. The van der Waals surface area contributed by atoms with Crippen LogP contribution in [0, 0.1) is 0 Å². The van der Waals surface area contributed by atoms with Crippen molar-refractivity contribution < 1.29 is 79.9 Å². The first-order valence-electron chi connectivity index (χ1n) is 10.6. The maximum absolute atomic E-state index is 10.2. The quantitative estimate of drug-likeness (QED) is 0.154. The monoisotopic (exact) mass is 504 g/mol. The molecule has 3 rings (SSSR count). The number of hydrogen-bond donors (Lipinski definition) is 11. The fraction of sp³-hybridized carbons (Fsp3) is 1.00. The van der Waals surface area contributed by atoms with Crippen molar-refractivity contribution in [1.82, 2.24) is 0 Å². The van der Waals surface area contributed by atoms with Gasteiger partial charge in [0.1, 0.15) is 73.2 Å². The van der Waals surface area contributed by atoms with Crippen molar-refractivity contribution in [3.05, 3.63) is 0 Å². The Hall–Kier alpha value is -0.640. The SMILES string of the molecule is OC[C@H]1O[C@@H](OC[C@H]2O[C@H](OC[C@H]3O[C@H](O)[C@H](O)[C@@H](O)[C@@H]3O)[C@H](O)[C@@H](O)[C@H]2O)[C@H](O)[C@@H](O)[C@H]1O. The zero-order chi connectivity index (χ0) is 25.3. The van der Waals surface area contributed by atoms with E-state index in [-0.39, 0.29) is 0 Å². The van der Waals surface area contributed by atoms with E-state index in [2.05, 4.69) is 0 Å². The van der Waals surface area contributed by atoms with Gasteiger partial charge in [-0.3, -0.25) is 0 Å². The molecule has 0 aromatic carbocycles. The molecule has 3 aliphatic heterocycles. The molecule has 15 atom stereocenters. The predicted octanol–water partition coefficient (Wildman–Crippen LogP) is -7.57. The lowest BCUT2D eigenvalue weighted by atomic mass is 9.98. The fourth-order valence-corrected chi connectivity index (χ4v) is 3.84. The summed E-state index contributed by atoms with van der Waals surface area (Å²) in [5.41, 5.74) is 0. The van der Waals surface area contributed by atoms with Crippen LogP contribution in [0.3, 0.4) is 0 Å². The van der Waals surface area contributed by atoms with Crippen LogP contribution < -0.4 is 0 Å². The maximum atomic E-state index is 10.2. The van der Waals surface area contributed by atoms with Crippen molar-refractivity contribution in [3.8, 4) is 0 Å². The molecule has 0 bridgehead atoms. The lowest BCUT2D eigenvalue weighted by Crippen LogP contribution is -2.62. The highest BCUT2D eigenvalue weighted by Gasteiger charge is 2.48. The van der Waals surface area contributed by atoms with E-state index >= 15 is 0 Å². The Morgan fingerprint density at radius 2 is 0.824 bits per heavy atom. The lowest BCUT2D eigenvalue weighted by Gasteiger charge is -2.43. The number of hydrogen-bond acceptors (Lipinski definition) is 16. The average Bonchev–Trinajstić information content (AvgIpc) is 2.82. The van der Waals surface area contributed by atoms with Crippen LogP contribution in [0.1, 0.15) is 0 Å². The third-order valence-corrected chi connectivity index (χ3v) is 6.05. The summed E-state index contributed by atoms with van der Waals surface area (Å²) in [6.07, 6.45) is -24.4. The number of aliphatic hydroxyl groups excluding tert-OH is 11. The van der Waals surface area contributed by atoms with Gasteiger partial charge in [0.25, 0.3) is 0 Å². The highest BCUT2D eigenvalue weighted by atomic mass is 16.7. The Labute approximate surface area is 192 Å². The molecule has 3 heterocycles. The molecule has 0 aromatic rings. The zero-order valence-corrected chi connectivity index (χ0v) is 17.7. The zero-order valence-electron chi connectivity index (χ0n) is 17.7. The van der Waals surface area contributed by atoms with Crippen molar-refractivity contribution in [2.75, 3.05) is 19.8 Å². The second kappa shape index (κ2) is 11.6. The topological polar surface area (TPSA) is 269 Å².